The molecule has 0 saturated carbocycles. The number of ether oxygens (including phenoxy) is 1. The van der Waals surface area contributed by atoms with Gasteiger partial charge in [-0.05, 0) is 33.1 Å². The summed E-state index contributed by atoms with van der Waals surface area (Å²) in [6.45, 7) is 7.92. The number of hydrogen-bond donors (Lipinski definition) is 1. The quantitative estimate of drug-likeness (QED) is 0.894. The number of hydrogen-bond acceptors (Lipinski definition) is 7. The smallest absolute Gasteiger partial charge is 0.231 e. The fraction of sp³-hybridized carbons (Fsp3) is 0.786. The predicted octanol–water partition coefficient (Wildman–Crippen LogP) is 2.17. The average Bonchev–Trinajstić information content (AvgIpc) is 3.12. The van der Waals surface area contributed by atoms with Gasteiger partial charge < -0.3 is 15.0 Å². The van der Waals surface area contributed by atoms with Crippen LogP contribution in [-0.2, 0) is 4.74 Å². The van der Waals surface area contributed by atoms with Crippen LogP contribution in [-0.4, -0.2) is 52.5 Å². The fourth-order valence-corrected chi connectivity index (χ4v) is 3.73. The summed E-state index contributed by atoms with van der Waals surface area (Å²) >= 11 is 1.72. The van der Waals surface area contributed by atoms with Gasteiger partial charge in [-0.15, -0.1) is 0 Å². The molecule has 0 aromatic carbocycles. The number of rotatable bonds is 5. The Hall–Kier alpha value is -1.08. The minimum Gasteiger partial charge on any atom is -0.377 e. The second-order valence-electron chi connectivity index (χ2n) is 5.49. The molecule has 6 nitrogen and oxygen atoms in total. The van der Waals surface area contributed by atoms with Gasteiger partial charge in [0.05, 0.1) is 6.10 Å². The minimum atomic E-state index is 0.268. The van der Waals surface area contributed by atoms with E-state index in [0.717, 1.165) is 43.8 Å². The van der Waals surface area contributed by atoms with Gasteiger partial charge in [-0.1, -0.05) is 11.8 Å². The summed E-state index contributed by atoms with van der Waals surface area (Å²) in [6, 6.07) is 0. The zero-order chi connectivity index (χ0) is 14.7. The molecule has 2 saturated heterocycles. The molecule has 2 aliphatic heterocycles. The van der Waals surface area contributed by atoms with Crippen molar-refractivity contribution in [1.29, 1.82) is 0 Å². The molecule has 2 unspecified atom stereocenters. The lowest BCUT2D eigenvalue weighted by Crippen LogP contribution is -2.22. The van der Waals surface area contributed by atoms with Crippen molar-refractivity contribution in [3.05, 3.63) is 0 Å². The van der Waals surface area contributed by atoms with Crippen LogP contribution in [0.3, 0.4) is 0 Å². The monoisotopic (exact) mass is 309 g/mol. The van der Waals surface area contributed by atoms with Gasteiger partial charge in [0.15, 0.2) is 5.16 Å². The van der Waals surface area contributed by atoms with Gasteiger partial charge in [-0.2, -0.15) is 15.0 Å². The molecule has 7 heteroatoms. The van der Waals surface area contributed by atoms with Gasteiger partial charge in [-0.25, -0.2) is 0 Å². The lowest BCUT2D eigenvalue weighted by atomic mass is 10.3. The van der Waals surface area contributed by atoms with Crippen molar-refractivity contribution in [3.63, 3.8) is 0 Å². The van der Waals surface area contributed by atoms with Crippen molar-refractivity contribution in [1.82, 2.24) is 15.0 Å². The van der Waals surface area contributed by atoms with Gasteiger partial charge in [0.2, 0.25) is 11.9 Å². The van der Waals surface area contributed by atoms with E-state index in [4.69, 9.17) is 4.74 Å². The summed E-state index contributed by atoms with van der Waals surface area (Å²) in [4.78, 5) is 16.0. The third kappa shape index (κ3) is 3.58. The SMILES string of the molecule is CCNc1nc(SC2CCOC2C)nc(N2CCCC2)n1. The Balaban J connectivity index is 1.80. The maximum absolute atomic E-state index is 5.63. The lowest BCUT2D eigenvalue weighted by molar-refractivity contribution is 0.127. The Morgan fingerprint density at radius 2 is 2.10 bits per heavy atom. The minimum absolute atomic E-state index is 0.268. The Labute approximate surface area is 130 Å². The number of nitrogens with one attached hydrogen (secondary N) is 1. The van der Waals surface area contributed by atoms with Gasteiger partial charge in [0.25, 0.3) is 0 Å². The van der Waals surface area contributed by atoms with Crippen molar-refractivity contribution in [3.8, 4) is 0 Å². The van der Waals surface area contributed by atoms with Crippen molar-refractivity contribution in [2.75, 3.05) is 36.5 Å². The highest BCUT2D eigenvalue weighted by Crippen LogP contribution is 2.31. The van der Waals surface area contributed by atoms with Crippen molar-refractivity contribution >= 4 is 23.7 Å². The molecule has 0 aliphatic carbocycles. The second-order valence-corrected chi connectivity index (χ2v) is 6.69. The molecule has 21 heavy (non-hydrogen) atoms. The van der Waals surface area contributed by atoms with Crippen LogP contribution in [0.4, 0.5) is 11.9 Å². The van der Waals surface area contributed by atoms with E-state index < -0.39 is 0 Å². The van der Waals surface area contributed by atoms with Gasteiger partial charge in [-0.3, -0.25) is 0 Å². The number of aromatic nitrogens is 3. The molecule has 2 atom stereocenters. The summed E-state index contributed by atoms with van der Waals surface area (Å²) in [6.07, 6.45) is 3.77. The lowest BCUT2D eigenvalue weighted by Gasteiger charge is -2.18. The zero-order valence-corrected chi connectivity index (χ0v) is 13.5. The third-order valence-electron chi connectivity index (χ3n) is 3.89. The molecule has 0 spiro atoms. The van der Waals surface area contributed by atoms with E-state index >= 15 is 0 Å². The molecule has 3 heterocycles. The first-order chi connectivity index (χ1) is 10.3. The summed E-state index contributed by atoms with van der Waals surface area (Å²) in [5.41, 5.74) is 0. The Morgan fingerprint density at radius 3 is 2.76 bits per heavy atom. The molecule has 2 fully saturated rings. The summed E-state index contributed by atoms with van der Waals surface area (Å²) in [5.74, 6) is 1.50. The molecule has 2 aliphatic rings. The normalized spacial score (nSPS) is 25.5. The fourth-order valence-electron chi connectivity index (χ4n) is 2.70. The molecule has 1 aromatic rings. The van der Waals surface area contributed by atoms with E-state index in [2.05, 4.69) is 39.0 Å². The van der Waals surface area contributed by atoms with Gasteiger partial charge >= 0.3 is 0 Å². The van der Waals surface area contributed by atoms with Crippen molar-refractivity contribution in [2.24, 2.45) is 0 Å². The van der Waals surface area contributed by atoms with Crippen LogP contribution in [0.25, 0.3) is 0 Å². The van der Waals surface area contributed by atoms with E-state index in [-0.39, 0.29) is 6.10 Å². The Kier molecular flexibility index (Phi) is 4.80. The van der Waals surface area contributed by atoms with Crippen LogP contribution >= 0.6 is 11.8 Å². The molecule has 1 N–H and O–H groups in total. The summed E-state index contributed by atoms with van der Waals surface area (Å²) in [5, 5.41) is 4.46. The van der Waals surface area contributed by atoms with E-state index in [0.29, 0.717) is 11.2 Å². The van der Waals surface area contributed by atoms with Crippen LogP contribution in [0.2, 0.25) is 0 Å². The van der Waals surface area contributed by atoms with Crippen LogP contribution in [0.1, 0.15) is 33.1 Å². The molecule has 1 aromatic heterocycles. The second kappa shape index (κ2) is 6.79. The van der Waals surface area contributed by atoms with E-state index in [1.165, 1.54) is 12.8 Å². The first kappa shape index (κ1) is 14.8. The Bertz CT molecular complexity index is 480. The molecule has 3 rings (SSSR count). The van der Waals surface area contributed by atoms with Crippen molar-refractivity contribution in [2.45, 2.75) is 49.6 Å². The number of anilines is 2. The topological polar surface area (TPSA) is 63.2 Å². The predicted molar refractivity (Wildman–Crippen MR) is 85.1 cm³/mol. The van der Waals surface area contributed by atoms with Gasteiger partial charge in [0, 0.05) is 31.5 Å². The highest BCUT2D eigenvalue weighted by Gasteiger charge is 2.27. The van der Waals surface area contributed by atoms with Crippen LogP contribution in [0.15, 0.2) is 5.16 Å². The molecule has 0 radical (unpaired) electrons. The molecule has 0 bridgehead atoms. The van der Waals surface area contributed by atoms with Crippen LogP contribution < -0.4 is 10.2 Å². The number of nitrogens with zero attached hydrogens (tertiary/aromatic N) is 4. The third-order valence-corrected chi connectivity index (χ3v) is 5.21. The number of thioether (sulfide) groups is 1. The highest BCUT2D eigenvalue weighted by molar-refractivity contribution is 7.99. The largest absolute Gasteiger partial charge is 0.377 e. The van der Waals surface area contributed by atoms with Gasteiger partial charge in [0.1, 0.15) is 0 Å². The molecular formula is C14H23N5OS. The van der Waals surface area contributed by atoms with Crippen LogP contribution in [0, 0.1) is 0 Å². The van der Waals surface area contributed by atoms with E-state index in [9.17, 15) is 0 Å². The Morgan fingerprint density at radius 1 is 1.29 bits per heavy atom. The molecule has 116 valence electrons. The first-order valence-electron chi connectivity index (χ1n) is 7.79. The summed E-state index contributed by atoms with van der Waals surface area (Å²) < 4.78 is 5.63. The van der Waals surface area contributed by atoms with E-state index in [1.807, 2.05) is 0 Å². The zero-order valence-electron chi connectivity index (χ0n) is 12.7. The maximum Gasteiger partial charge on any atom is 0.231 e. The van der Waals surface area contributed by atoms with Crippen LogP contribution in [0.5, 0.6) is 0 Å². The first-order valence-corrected chi connectivity index (χ1v) is 8.67. The molecular weight excluding hydrogens is 286 g/mol. The average molecular weight is 309 g/mol. The standard InChI is InChI=1S/C14H23N5OS/c1-3-15-12-16-13(19-7-4-5-8-19)18-14(17-12)21-11-6-9-20-10(11)2/h10-11H,3-9H2,1-2H3,(H,15,16,17,18). The highest BCUT2D eigenvalue weighted by atomic mass is 32.2. The van der Waals surface area contributed by atoms with Crippen molar-refractivity contribution < 1.29 is 4.74 Å². The summed E-state index contributed by atoms with van der Waals surface area (Å²) in [7, 11) is 0. The maximum atomic E-state index is 5.63. The molecule has 0 amide bonds. The van der Waals surface area contributed by atoms with E-state index in [1.54, 1.807) is 11.8 Å².